The van der Waals surface area contributed by atoms with E-state index in [0.29, 0.717) is 15.2 Å². The molecule has 1 saturated heterocycles. The zero-order valence-electron chi connectivity index (χ0n) is 7.95. The zero-order chi connectivity index (χ0) is 7.82. The fourth-order valence-electron chi connectivity index (χ4n) is 1.06. The van der Waals surface area contributed by atoms with E-state index in [1.54, 1.807) is 23.4 Å². The van der Waals surface area contributed by atoms with Crippen LogP contribution < -0.4 is 29.6 Å². The fraction of sp³-hybridized carbons (Fsp3) is 1.00. The summed E-state index contributed by atoms with van der Waals surface area (Å²) < 4.78 is 22.8. The Morgan fingerprint density at radius 1 is 1.18 bits per heavy atom. The standard InChI is InChI=1S/C5H10.Al.Na.H2O3S.2H/c1-3-5-4-2;;;1-4(2)3;;/h1-5H2;;;(H2,1,2,3);;/q;;+1;;;-1. The molecule has 1 aliphatic rings. The molecule has 3 nitrogen and oxygen atoms in total. The first-order valence-corrected chi connectivity index (χ1v) is 6.60. The van der Waals surface area contributed by atoms with Gasteiger partial charge in [-0.1, -0.05) is 29.8 Å². The van der Waals surface area contributed by atoms with Crippen molar-refractivity contribution < 1.29 is 44.3 Å². The van der Waals surface area contributed by atoms with Gasteiger partial charge in [0, 0.05) is 0 Å². The fourth-order valence-corrected chi connectivity index (χ4v) is 2.83. The van der Waals surface area contributed by atoms with E-state index in [9.17, 15) is 0 Å². The van der Waals surface area contributed by atoms with Gasteiger partial charge in [-0.05, 0) is 0 Å². The smallest absolute Gasteiger partial charge is 1.00 e. The van der Waals surface area contributed by atoms with Crippen molar-refractivity contribution in [2.75, 3.05) is 0 Å². The quantitative estimate of drug-likeness (QED) is 0.363. The van der Waals surface area contributed by atoms with Crippen molar-refractivity contribution in [2.45, 2.75) is 29.8 Å². The van der Waals surface area contributed by atoms with Crippen molar-refractivity contribution in [3.8, 4) is 0 Å². The van der Waals surface area contributed by atoms with Gasteiger partial charge in [0.25, 0.3) is 11.4 Å². The molecule has 1 rings (SSSR count). The summed E-state index contributed by atoms with van der Waals surface area (Å²) >= 11 is -2.10. The van der Waals surface area contributed by atoms with Crippen LogP contribution in [0.25, 0.3) is 0 Å². The first-order valence-electron chi connectivity index (χ1n) is 3.53. The maximum absolute atomic E-state index is 8.67. The molecule has 11 heavy (non-hydrogen) atoms. The molecular weight excluding hydrogens is 190 g/mol. The summed E-state index contributed by atoms with van der Waals surface area (Å²) in [5.41, 5.74) is 0. The summed E-state index contributed by atoms with van der Waals surface area (Å²) in [5, 5.41) is 3.28. The molecule has 1 fully saturated rings. The molecule has 1 heterocycles. The van der Waals surface area contributed by atoms with E-state index in [4.69, 9.17) is 13.3 Å². The van der Waals surface area contributed by atoms with Crippen LogP contribution in [-0.2, 0) is 11.4 Å². The molecule has 0 aromatic heterocycles. The second-order valence-electron chi connectivity index (χ2n) is 2.35. The van der Waals surface area contributed by atoms with Gasteiger partial charge in [-0.3, -0.25) is 9.11 Å². The maximum Gasteiger partial charge on any atom is 1.00 e. The molecule has 2 N–H and O–H groups in total. The molecule has 0 saturated carbocycles. The van der Waals surface area contributed by atoms with Crippen LogP contribution in [0.1, 0.15) is 20.7 Å². The third-order valence-electron chi connectivity index (χ3n) is 1.50. The van der Waals surface area contributed by atoms with E-state index in [-0.39, 0.29) is 31.0 Å². The molecule has 0 amide bonds. The summed E-state index contributed by atoms with van der Waals surface area (Å²) in [6, 6.07) is 0. The molecular formula is C5H14AlNaO3S. The van der Waals surface area contributed by atoms with Crippen LogP contribution in [0.15, 0.2) is 0 Å². The van der Waals surface area contributed by atoms with E-state index in [2.05, 4.69) is 0 Å². The Balaban J connectivity index is -0.000000124. The number of hydrogen-bond donors (Lipinski definition) is 2. The van der Waals surface area contributed by atoms with Crippen molar-refractivity contribution in [3.05, 3.63) is 0 Å². The molecule has 0 atom stereocenters. The Morgan fingerprint density at radius 2 is 1.55 bits per heavy atom. The molecule has 0 aliphatic carbocycles. The monoisotopic (exact) mass is 204 g/mol. The first-order chi connectivity index (χ1) is 4.73. The first kappa shape index (κ1) is 15.1. The molecule has 62 valence electrons. The Morgan fingerprint density at radius 3 is 1.64 bits per heavy atom. The Hall–Kier alpha value is 1.60. The predicted octanol–water partition coefficient (Wildman–Crippen LogP) is -1.76. The van der Waals surface area contributed by atoms with E-state index in [0.717, 1.165) is 0 Å². The molecule has 0 spiro atoms. The molecule has 0 aromatic carbocycles. The van der Waals surface area contributed by atoms with E-state index in [1.165, 1.54) is 6.42 Å². The van der Waals surface area contributed by atoms with Gasteiger partial charge in [0.2, 0.25) is 15.2 Å². The third-order valence-corrected chi connectivity index (χ3v) is 3.50. The van der Waals surface area contributed by atoms with Crippen LogP contribution in [0, 0.1) is 0 Å². The summed E-state index contributed by atoms with van der Waals surface area (Å²) in [6.45, 7) is 0. The maximum atomic E-state index is 8.67. The average molecular weight is 204 g/mol. The average Bonchev–Trinajstić information content (AvgIpc) is 1.90. The summed E-state index contributed by atoms with van der Waals surface area (Å²) in [5.74, 6) is 0. The van der Waals surface area contributed by atoms with Crippen LogP contribution in [0.5, 0.6) is 0 Å². The molecule has 6 heteroatoms. The predicted molar refractivity (Wildman–Crippen MR) is 45.1 cm³/mol. The number of hydrogen-bond acceptors (Lipinski definition) is 1. The van der Waals surface area contributed by atoms with Gasteiger partial charge in [-0.2, -0.15) is 4.21 Å². The van der Waals surface area contributed by atoms with Crippen LogP contribution in [0.4, 0.5) is 0 Å². The summed E-state index contributed by atoms with van der Waals surface area (Å²) in [6.07, 6.45) is 4.66. The second-order valence-corrected chi connectivity index (χ2v) is 4.93. The van der Waals surface area contributed by atoms with Gasteiger partial charge in [0.1, 0.15) is 0 Å². The van der Waals surface area contributed by atoms with Gasteiger partial charge in [0.15, 0.2) is 0 Å². The second kappa shape index (κ2) is 11.6. The van der Waals surface area contributed by atoms with Crippen molar-refractivity contribution >= 4 is 26.6 Å². The zero-order valence-corrected chi connectivity index (χ0v) is 11.2. The van der Waals surface area contributed by atoms with Gasteiger partial charge >= 0.3 is 29.6 Å². The van der Waals surface area contributed by atoms with E-state index in [1.807, 2.05) is 0 Å². The van der Waals surface area contributed by atoms with Crippen LogP contribution in [-0.4, -0.2) is 28.5 Å². The minimum Gasteiger partial charge on any atom is -1.00 e. The van der Waals surface area contributed by atoms with Crippen LogP contribution in [0.2, 0.25) is 10.6 Å². The van der Waals surface area contributed by atoms with Crippen molar-refractivity contribution in [2.24, 2.45) is 0 Å². The van der Waals surface area contributed by atoms with Gasteiger partial charge < -0.3 is 1.43 Å². The minimum absolute atomic E-state index is 0. The molecule has 0 unspecified atom stereocenters. The van der Waals surface area contributed by atoms with Gasteiger partial charge in [-0.15, -0.1) is 0 Å². The molecule has 0 bridgehead atoms. The largest absolute Gasteiger partial charge is 1.00 e. The molecule has 0 aromatic rings. The minimum atomic E-state index is -2.61. The Kier molecular flexibility index (Phi) is 15.9. The van der Waals surface area contributed by atoms with Gasteiger partial charge in [-0.25, -0.2) is 0 Å². The Labute approximate surface area is 99.9 Å². The van der Waals surface area contributed by atoms with E-state index >= 15 is 0 Å². The van der Waals surface area contributed by atoms with Crippen molar-refractivity contribution in [1.29, 1.82) is 0 Å². The van der Waals surface area contributed by atoms with Crippen molar-refractivity contribution in [3.63, 3.8) is 0 Å². The molecule has 0 radical (unpaired) electrons. The topological polar surface area (TPSA) is 57.5 Å². The number of rotatable bonds is 0. The summed E-state index contributed by atoms with van der Waals surface area (Å²) in [7, 11) is 0. The van der Waals surface area contributed by atoms with E-state index < -0.39 is 11.4 Å². The van der Waals surface area contributed by atoms with Crippen LogP contribution in [0.3, 0.4) is 0 Å². The van der Waals surface area contributed by atoms with Crippen molar-refractivity contribution in [1.82, 2.24) is 0 Å². The normalized spacial score (nSPS) is 15.5. The molecule has 1 aliphatic heterocycles. The third kappa shape index (κ3) is 18.5. The SMILES string of the molecule is C1C[CH2][AlH][CH2]C1.O=S(O)O.[H-].[Na+]. The summed E-state index contributed by atoms with van der Waals surface area (Å²) in [4.78, 5) is 0. The Bertz CT molecular complexity index is 89.2. The van der Waals surface area contributed by atoms with Crippen LogP contribution >= 0.6 is 0 Å². The van der Waals surface area contributed by atoms with Gasteiger partial charge in [0.05, 0.1) is 0 Å².